The molecule has 0 radical (unpaired) electrons. The van der Waals surface area contributed by atoms with Crippen molar-refractivity contribution >= 4 is 33.7 Å². The molecule has 0 saturated carbocycles. The Bertz CT molecular complexity index is 608. The molecule has 1 aliphatic rings. The predicted octanol–water partition coefficient (Wildman–Crippen LogP) is -0.00238. The van der Waals surface area contributed by atoms with E-state index < -0.39 is 5.91 Å². The van der Waals surface area contributed by atoms with E-state index in [-0.39, 0.29) is 29.2 Å². The highest BCUT2D eigenvalue weighted by molar-refractivity contribution is 9.09. The van der Waals surface area contributed by atoms with Crippen molar-refractivity contribution in [3.63, 3.8) is 0 Å². The minimum absolute atomic E-state index is 0.216. The number of halogens is 1. The third kappa shape index (κ3) is 5.04. The Kier molecular flexibility index (Phi) is 6.12. The normalized spacial score (nSPS) is 19.9. The summed E-state index contributed by atoms with van der Waals surface area (Å²) >= 11 is 3.42. The van der Waals surface area contributed by atoms with Gasteiger partial charge in [0, 0.05) is 16.9 Å². The first kappa shape index (κ1) is 17.4. The minimum atomic E-state index is -0.492. The van der Waals surface area contributed by atoms with E-state index >= 15 is 0 Å². The first-order chi connectivity index (χ1) is 11.0. The highest BCUT2D eigenvalue weighted by atomic mass is 79.9. The molecule has 2 unspecified atom stereocenters. The highest BCUT2D eigenvalue weighted by Gasteiger charge is 2.27. The van der Waals surface area contributed by atoms with Crippen molar-refractivity contribution in [1.82, 2.24) is 21.5 Å². The van der Waals surface area contributed by atoms with Gasteiger partial charge in [-0.2, -0.15) is 0 Å². The maximum atomic E-state index is 12.0. The van der Waals surface area contributed by atoms with Crippen LogP contribution in [-0.2, 0) is 9.59 Å². The van der Waals surface area contributed by atoms with E-state index in [2.05, 4.69) is 37.4 Å². The van der Waals surface area contributed by atoms with Gasteiger partial charge in [-0.3, -0.25) is 25.2 Å². The lowest BCUT2D eigenvalue weighted by atomic mass is 10.1. The van der Waals surface area contributed by atoms with Crippen molar-refractivity contribution in [2.75, 3.05) is 13.1 Å². The van der Waals surface area contributed by atoms with Crippen LogP contribution in [0.4, 0.5) is 0 Å². The number of hydrogen-bond donors (Lipinski definition) is 4. The third-order valence-corrected chi connectivity index (χ3v) is 4.22. The molecule has 4 N–H and O–H groups in total. The van der Waals surface area contributed by atoms with Gasteiger partial charge in [0.25, 0.3) is 17.7 Å². The molecule has 1 aliphatic heterocycles. The maximum Gasteiger partial charge on any atom is 0.257 e. The van der Waals surface area contributed by atoms with Gasteiger partial charge in [-0.05, 0) is 25.0 Å². The van der Waals surface area contributed by atoms with Gasteiger partial charge >= 0.3 is 0 Å². The van der Waals surface area contributed by atoms with Gasteiger partial charge in [0.15, 0.2) is 0 Å². The third-order valence-electron chi connectivity index (χ3n) is 3.52. The number of aryl methyl sites for hydroxylation is 1. The molecular weight excluding hydrogens is 364 g/mol. The highest BCUT2D eigenvalue weighted by Crippen LogP contribution is 2.14. The van der Waals surface area contributed by atoms with Crippen LogP contribution in [0.25, 0.3) is 0 Å². The molecule has 0 aromatic heterocycles. The topological polar surface area (TPSA) is 99.3 Å². The average Bonchev–Trinajstić information content (AvgIpc) is 2.97. The van der Waals surface area contributed by atoms with E-state index in [9.17, 15) is 14.4 Å². The lowest BCUT2D eigenvalue weighted by Gasteiger charge is -2.12. The number of hydrogen-bond acceptors (Lipinski definition) is 4. The zero-order chi connectivity index (χ0) is 16.8. The number of nitrogens with one attached hydrogen (secondary N) is 4. The van der Waals surface area contributed by atoms with Crippen LogP contribution in [0.2, 0.25) is 0 Å². The molecule has 0 aliphatic carbocycles. The second-order valence-electron chi connectivity index (χ2n) is 5.33. The molecule has 2 rings (SSSR count). The summed E-state index contributed by atoms with van der Waals surface area (Å²) in [6.07, 6.45) is 0.658. The fraction of sp³-hybridized carbons (Fsp3) is 0.400. The van der Waals surface area contributed by atoms with E-state index in [0.717, 1.165) is 5.56 Å². The van der Waals surface area contributed by atoms with Crippen molar-refractivity contribution in [2.45, 2.75) is 24.2 Å². The summed E-state index contributed by atoms with van der Waals surface area (Å²) in [4.78, 5) is 35.7. The molecule has 1 aromatic carbocycles. The minimum Gasteiger partial charge on any atom is -0.343 e. The zero-order valence-corrected chi connectivity index (χ0v) is 14.3. The number of benzene rings is 1. The molecule has 23 heavy (non-hydrogen) atoms. The SMILES string of the molecule is Cc1ccccc1C(=O)NCC(=O)NNC(=O)C1CC(Br)CN1. The first-order valence-corrected chi connectivity index (χ1v) is 8.19. The first-order valence-electron chi connectivity index (χ1n) is 7.27. The van der Waals surface area contributed by atoms with Gasteiger partial charge in [0.2, 0.25) is 0 Å². The fourth-order valence-corrected chi connectivity index (χ4v) is 2.80. The Morgan fingerprint density at radius 2 is 2.00 bits per heavy atom. The van der Waals surface area contributed by atoms with Crippen molar-refractivity contribution in [3.05, 3.63) is 35.4 Å². The summed E-state index contributed by atoms with van der Waals surface area (Å²) < 4.78 is 0. The molecule has 0 bridgehead atoms. The summed E-state index contributed by atoms with van der Waals surface area (Å²) in [7, 11) is 0. The van der Waals surface area contributed by atoms with Crippen molar-refractivity contribution in [3.8, 4) is 0 Å². The van der Waals surface area contributed by atoms with Gasteiger partial charge in [0.1, 0.15) is 0 Å². The standard InChI is InChI=1S/C15H19BrN4O3/c1-9-4-2-3-5-11(9)14(22)18-8-13(21)19-20-15(23)12-6-10(16)7-17-12/h2-5,10,12,17H,6-8H2,1H3,(H,18,22)(H,19,21)(H,20,23). The molecule has 124 valence electrons. The van der Waals surface area contributed by atoms with Crippen LogP contribution in [-0.4, -0.2) is 41.7 Å². The second-order valence-corrected chi connectivity index (χ2v) is 6.62. The predicted molar refractivity (Wildman–Crippen MR) is 88.9 cm³/mol. The number of carbonyl (C=O) groups excluding carboxylic acids is 3. The van der Waals surface area contributed by atoms with E-state index in [4.69, 9.17) is 0 Å². The molecule has 7 nitrogen and oxygen atoms in total. The zero-order valence-electron chi connectivity index (χ0n) is 12.7. The van der Waals surface area contributed by atoms with E-state index in [1.807, 2.05) is 19.1 Å². The lowest BCUT2D eigenvalue weighted by Crippen LogP contribution is -2.51. The summed E-state index contributed by atoms with van der Waals surface area (Å²) in [5, 5.41) is 5.54. The van der Waals surface area contributed by atoms with Crippen LogP contribution in [0.5, 0.6) is 0 Å². The Labute approximate surface area is 142 Å². The van der Waals surface area contributed by atoms with Crippen LogP contribution >= 0.6 is 15.9 Å². The molecule has 1 heterocycles. The molecule has 0 spiro atoms. The lowest BCUT2D eigenvalue weighted by molar-refractivity contribution is -0.129. The van der Waals surface area contributed by atoms with Gasteiger partial charge in [-0.25, -0.2) is 0 Å². The summed E-state index contributed by atoms with van der Waals surface area (Å²) in [6, 6.07) is 6.77. The summed E-state index contributed by atoms with van der Waals surface area (Å²) in [5.74, 6) is -1.12. The van der Waals surface area contributed by atoms with Crippen LogP contribution in [0.3, 0.4) is 0 Å². The van der Waals surface area contributed by atoms with E-state index in [1.165, 1.54) is 0 Å². The molecule has 1 fully saturated rings. The Hall–Kier alpha value is -1.93. The quantitative estimate of drug-likeness (QED) is 0.435. The Morgan fingerprint density at radius 1 is 1.26 bits per heavy atom. The fourth-order valence-electron chi connectivity index (χ4n) is 2.24. The van der Waals surface area contributed by atoms with E-state index in [1.54, 1.807) is 12.1 Å². The maximum absolute atomic E-state index is 12.0. The van der Waals surface area contributed by atoms with Crippen molar-refractivity contribution < 1.29 is 14.4 Å². The Morgan fingerprint density at radius 3 is 2.65 bits per heavy atom. The largest absolute Gasteiger partial charge is 0.343 e. The van der Waals surface area contributed by atoms with E-state index in [0.29, 0.717) is 18.5 Å². The molecule has 3 amide bonds. The van der Waals surface area contributed by atoms with Gasteiger partial charge in [-0.15, -0.1) is 0 Å². The summed E-state index contributed by atoms with van der Waals surface area (Å²) in [5.41, 5.74) is 5.98. The van der Waals surface area contributed by atoms with Crippen LogP contribution in [0.15, 0.2) is 24.3 Å². The van der Waals surface area contributed by atoms with Crippen LogP contribution < -0.4 is 21.5 Å². The van der Waals surface area contributed by atoms with Gasteiger partial charge in [0.05, 0.1) is 12.6 Å². The van der Waals surface area contributed by atoms with Crippen LogP contribution in [0, 0.1) is 6.92 Å². The second kappa shape index (κ2) is 8.07. The van der Waals surface area contributed by atoms with Crippen molar-refractivity contribution in [2.24, 2.45) is 0 Å². The smallest absolute Gasteiger partial charge is 0.257 e. The average molecular weight is 383 g/mol. The monoisotopic (exact) mass is 382 g/mol. The summed E-state index contributed by atoms with van der Waals surface area (Å²) in [6.45, 7) is 2.31. The molecule has 1 saturated heterocycles. The van der Waals surface area contributed by atoms with Crippen molar-refractivity contribution in [1.29, 1.82) is 0 Å². The van der Waals surface area contributed by atoms with Crippen LogP contribution in [0.1, 0.15) is 22.3 Å². The Balaban J connectivity index is 1.72. The molecule has 8 heteroatoms. The number of rotatable bonds is 4. The van der Waals surface area contributed by atoms with Gasteiger partial charge in [-0.1, -0.05) is 34.1 Å². The number of hydrazine groups is 1. The number of alkyl halides is 1. The molecule has 1 aromatic rings. The molecular formula is C15H19BrN4O3. The number of carbonyl (C=O) groups is 3. The number of amides is 3. The molecule has 2 atom stereocenters. The van der Waals surface area contributed by atoms with Gasteiger partial charge < -0.3 is 10.6 Å².